The molecule has 0 aliphatic carbocycles. The van der Waals surface area contributed by atoms with Gasteiger partial charge in [-0.15, -0.1) is 0 Å². The Labute approximate surface area is 339 Å². The zero-order valence-electron chi connectivity index (χ0n) is 30.1. The Morgan fingerprint density at radius 2 is 0.521 bits per heavy atom. The molecule has 8 nitrogen and oxygen atoms in total. The number of amides is 2. The van der Waals surface area contributed by atoms with E-state index in [9.17, 15) is 19.2 Å². The van der Waals surface area contributed by atoms with Gasteiger partial charge in [0.2, 0.25) is 0 Å². The van der Waals surface area contributed by atoms with Crippen molar-refractivity contribution >= 4 is 82.9 Å². The molecule has 0 saturated carbocycles. The van der Waals surface area contributed by atoms with Gasteiger partial charge in [-0.1, -0.05) is 194 Å². The quantitative estimate of drug-likeness (QED) is 0.0313. The van der Waals surface area contributed by atoms with Gasteiger partial charge in [0.05, 0.1) is 0 Å². The zero-order valence-corrected chi connectivity index (χ0v) is 30.1. The van der Waals surface area contributed by atoms with Gasteiger partial charge < -0.3 is 9.68 Å². The van der Waals surface area contributed by atoms with Crippen LogP contribution in [0.3, 0.4) is 0 Å². The van der Waals surface area contributed by atoms with Crippen LogP contribution in [0.2, 0.25) is 0 Å². The van der Waals surface area contributed by atoms with Crippen LogP contribution in [0.15, 0.2) is 0 Å². The maximum atomic E-state index is 11.9. The third-order valence-corrected chi connectivity index (χ3v) is 8.70. The van der Waals surface area contributed by atoms with E-state index in [1.165, 1.54) is 154 Å². The first-order valence-corrected chi connectivity index (χ1v) is 19.5. The fourth-order valence-electron chi connectivity index (χ4n) is 5.71. The van der Waals surface area contributed by atoms with Crippen LogP contribution in [0, 0.1) is 0 Å². The Hall–Kier alpha value is -0.120. The molecule has 0 fully saturated rings. The summed E-state index contributed by atoms with van der Waals surface area (Å²) in [5.74, 6) is -3.68. The molecule has 0 aromatic carbocycles. The summed E-state index contributed by atoms with van der Waals surface area (Å²) in [5, 5.41) is 0. The summed E-state index contributed by atoms with van der Waals surface area (Å²) in [7, 11) is 0. The van der Waals surface area contributed by atoms with Crippen LogP contribution in [0.25, 0.3) is 0 Å². The number of rotatable bonds is 32. The van der Waals surface area contributed by atoms with Crippen LogP contribution in [-0.2, 0) is 28.9 Å². The van der Waals surface area contributed by atoms with Gasteiger partial charge in [0, 0.05) is 12.8 Å². The van der Waals surface area contributed by atoms with Gasteiger partial charge in [0.15, 0.2) is 0 Å². The Morgan fingerprint density at radius 3 is 0.729 bits per heavy atom. The maximum absolute atomic E-state index is 11.9. The van der Waals surface area contributed by atoms with Crippen LogP contribution < -0.4 is 11.0 Å². The second kappa shape index (κ2) is 43.0. The summed E-state index contributed by atoms with van der Waals surface area (Å²) in [6, 6.07) is 0. The molecule has 2 amide bonds. The van der Waals surface area contributed by atoms with Gasteiger partial charge in [0.25, 0.3) is 11.8 Å². The van der Waals surface area contributed by atoms with Gasteiger partial charge >= 0.3 is 71.1 Å². The van der Waals surface area contributed by atoms with Crippen LogP contribution in [-0.4, -0.2) is 82.9 Å². The summed E-state index contributed by atoms with van der Waals surface area (Å²) in [6.07, 6.45) is 37.7. The number of hydroxylamine groups is 2. The van der Waals surface area contributed by atoms with Crippen LogP contribution in [0.5, 0.6) is 0 Å². The van der Waals surface area contributed by atoms with E-state index in [1.54, 1.807) is 0 Å². The standard InChI is InChI=1S/C38H72N2O6.2Na.2H/c1-3-5-7-9-11-13-15-17-19-21-23-25-27-29-31-33-35(41)39-45-37(43)38(44)46-40-36(42)34-32-30-28-26-24-22-20-18-16-14-12-10-8-6-4-2;;;;/h3-34H2,1-2H3,(H,39,41)(H,40,42);;;;. The second-order valence-corrected chi connectivity index (χ2v) is 13.2. The van der Waals surface area contributed by atoms with Crippen molar-refractivity contribution in [1.29, 1.82) is 0 Å². The van der Waals surface area contributed by atoms with Crippen molar-refractivity contribution in [3.8, 4) is 0 Å². The molecule has 2 N–H and O–H groups in total. The Balaban J connectivity index is -0.0000101. The van der Waals surface area contributed by atoms with E-state index in [4.69, 9.17) is 0 Å². The summed E-state index contributed by atoms with van der Waals surface area (Å²) in [6.45, 7) is 4.51. The SMILES string of the molecule is CCCCCCCCCCCCCCCCCC(=O)NOC(=O)C(=O)ONC(=O)CCCCCCCCCCCCCCCCC.[NaH].[NaH]. The molecule has 0 spiro atoms. The Morgan fingerprint density at radius 1 is 0.333 bits per heavy atom. The summed E-state index contributed by atoms with van der Waals surface area (Å²) in [5.41, 5.74) is 3.96. The van der Waals surface area contributed by atoms with Gasteiger partial charge in [-0.05, 0) is 12.8 Å². The second-order valence-electron chi connectivity index (χ2n) is 13.2. The fourth-order valence-corrected chi connectivity index (χ4v) is 5.71. The Bertz CT molecular complexity index is 682. The van der Waals surface area contributed by atoms with E-state index in [0.717, 1.165) is 25.7 Å². The van der Waals surface area contributed by atoms with E-state index in [1.807, 2.05) is 11.0 Å². The molecule has 274 valence electrons. The topological polar surface area (TPSA) is 111 Å². The van der Waals surface area contributed by atoms with Crippen molar-refractivity contribution < 1.29 is 28.9 Å². The first-order valence-electron chi connectivity index (χ1n) is 19.5. The molecule has 0 aliphatic rings. The molecule has 0 heterocycles. The molecule has 0 aliphatic heterocycles. The third-order valence-electron chi connectivity index (χ3n) is 8.70. The number of nitrogens with one attached hydrogen (secondary N) is 2. The summed E-state index contributed by atoms with van der Waals surface area (Å²) in [4.78, 5) is 56.2. The molecule has 0 unspecified atom stereocenters. The first kappa shape index (κ1) is 52.2. The number of carbonyl (C=O) groups excluding carboxylic acids is 4. The summed E-state index contributed by atoms with van der Waals surface area (Å²) >= 11 is 0. The normalized spacial score (nSPS) is 10.5. The number of hydrogen-bond acceptors (Lipinski definition) is 6. The van der Waals surface area contributed by atoms with E-state index in [2.05, 4.69) is 23.5 Å². The van der Waals surface area contributed by atoms with E-state index >= 15 is 0 Å². The van der Waals surface area contributed by atoms with Crippen LogP contribution in [0.4, 0.5) is 0 Å². The first-order chi connectivity index (χ1) is 22.5. The molecule has 0 aromatic heterocycles. The molecule has 10 heteroatoms. The van der Waals surface area contributed by atoms with Gasteiger partial charge in [-0.25, -0.2) is 9.59 Å². The van der Waals surface area contributed by atoms with Crippen LogP contribution >= 0.6 is 0 Å². The monoisotopic (exact) mass is 701 g/mol. The van der Waals surface area contributed by atoms with Gasteiger partial charge in [-0.3, -0.25) is 9.59 Å². The van der Waals surface area contributed by atoms with Crippen LogP contribution in [0.1, 0.15) is 219 Å². The molecular weight excluding hydrogens is 626 g/mol. The average Bonchev–Trinajstić information content (AvgIpc) is 3.05. The third kappa shape index (κ3) is 40.3. The molecule has 0 atom stereocenters. The molecule has 0 radical (unpaired) electrons. The van der Waals surface area contributed by atoms with E-state index < -0.39 is 23.8 Å². The number of unbranched alkanes of at least 4 members (excludes halogenated alkanes) is 28. The minimum absolute atomic E-state index is 0. The predicted molar refractivity (Wildman–Crippen MR) is 202 cm³/mol. The van der Waals surface area contributed by atoms with E-state index in [0.29, 0.717) is 12.8 Å². The molecule has 0 saturated heterocycles. The number of carbonyl (C=O) groups is 4. The number of hydrogen-bond donors (Lipinski definition) is 2. The van der Waals surface area contributed by atoms with Gasteiger partial charge in [0.1, 0.15) is 0 Å². The van der Waals surface area contributed by atoms with Crippen molar-refractivity contribution in [2.24, 2.45) is 0 Å². The van der Waals surface area contributed by atoms with Gasteiger partial charge in [-0.2, -0.15) is 11.0 Å². The van der Waals surface area contributed by atoms with Crippen molar-refractivity contribution in [1.82, 2.24) is 11.0 Å². The fraction of sp³-hybridized carbons (Fsp3) is 0.895. The van der Waals surface area contributed by atoms with Crippen molar-refractivity contribution in [2.45, 2.75) is 219 Å². The van der Waals surface area contributed by atoms with Crippen molar-refractivity contribution in [3.05, 3.63) is 0 Å². The Kier molecular flexibility index (Phi) is 46.8. The molecule has 0 bridgehead atoms. The van der Waals surface area contributed by atoms with Crippen molar-refractivity contribution in [2.75, 3.05) is 0 Å². The average molecular weight is 701 g/mol. The minimum atomic E-state index is -1.38. The van der Waals surface area contributed by atoms with E-state index in [-0.39, 0.29) is 72.0 Å². The molecule has 48 heavy (non-hydrogen) atoms. The molecular formula is C38H74N2Na2O6. The van der Waals surface area contributed by atoms with Crippen molar-refractivity contribution in [3.63, 3.8) is 0 Å². The predicted octanol–water partition coefficient (Wildman–Crippen LogP) is 9.36. The summed E-state index contributed by atoms with van der Waals surface area (Å²) < 4.78 is 0. The molecule has 0 aromatic rings. The molecule has 0 rings (SSSR count). The zero-order chi connectivity index (χ0) is 33.8.